The molecule has 1 fully saturated rings. The topological polar surface area (TPSA) is 61.2 Å². The lowest BCUT2D eigenvalue weighted by atomic mass is 10.2. The molecule has 0 saturated heterocycles. The molecule has 3 rings (SSSR count). The molecule has 21 heavy (non-hydrogen) atoms. The van der Waals surface area contributed by atoms with Gasteiger partial charge in [0.2, 0.25) is 0 Å². The Kier molecular flexibility index (Phi) is 3.71. The molecule has 1 heterocycles. The fourth-order valence-corrected chi connectivity index (χ4v) is 3.24. The SMILES string of the molecule is COC(=O)[C@@H](C)Sc1nc2ccccc2c(=O)n1C1CC1. The molecule has 5 nitrogen and oxygen atoms in total. The van der Waals surface area contributed by atoms with E-state index in [-0.39, 0.29) is 17.6 Å². The number of para-hydroxylation sites is 1. The third-order valence-corrected chi connectivity index (χ3v) is 4.55. The third kappa shape index (κ3) is 2.68. The van der Waals surface area contributed by atoms with E-state index in [1.54, 1.807) is 17.6 Å². The second kappa shape index (κ2) is 5.52. The van der Waals surface area contributed by atoms with Gasteiger partial charge in [0.1, 0.15) is 5.25 Å². The summed E-state index contributed by atoms with van der Waals surface area (Å²) in [5.41, 5.74) is 0.640. The zero-order valence-electron chi connectivity index (χ0n) is 11.9. The van der Waals surface area contributed by atoms with Gasteiger partial charge in [0.25, 0.3) is 5.56 Å². The first-order valence-electron chi connectivity index (χ1n) is 6.87. The van der Waals surface area contributed by atoms with Gasteiger partial charge in [-0.3, -0.25) is 14.2 Å². The van der Waals surface area contributed by atoms with E-state index >= 15 is 0 Å². The molecule has 1 atom stereocenters. The molecule has 110 valence electrons. The molecule has 0 aliphatic heterocycles. The number of ether oxygens (including phenoxy) is 1. The number of thioether (sulfide) groups is 1. The van der Waals surface area contributed by atoms with Crippen LogP contribution in [0.15, 0.2) is 34.2 Å². The van der Waals surface area contributed by atoms with E-state index in [1.165, 1.54) is 18.9 Å². The maximum atomic E-state index is 12.6. The van der Waals surface area contributed by atoms with Crippen LogP contribution in [0.3, 0.4) is 0 Å². The Labute approximate surface area is 126 Å². The molecule has 6 heteroatoms. The number of benzene rings is 1. The smallest absolute Gasteiger partial charge is 0.318 e. The van der Waals surface area contributed by atoms with Crippen molar-refractivity contribution in [1.82, 2.24) is 9.55 Å². The third-order valence-electron chi connectivity index (χ3n) is 3.50. The standard InChI is InChI=1S/C15H16N2O3S/c1-9(14(19)20-2)21-15-16-12-6-4-3-5-11(12)13(18)17(15)10-7-8-10/h3-6,9-10H,7-8H2,1-2H3/t9-/m1/s1. The van der Waals surface area contributed by atoms with Crippen LogP contribution in [0.4, 0.5) is 0 Å². The molecule has 0 unspecified atom stereocenters. The zero-order valence-corrected chi connectivity index (χ0v) is 12.7. The molecular weight excluding hydrogens is 288 g/mol. The van der Waals surface area contributed by atoms with E-state index < -0.39 is 5.25 Å². The first kappa shape index (κ1) is 14.1. The lowest BCUT2D eigenvalue weighted by molar-refractivity contribution is -0.139. The largest absolute Gasteiger partial charge is 0.468 e. The first-order valence-corrected chi connectivity index (χ1v) is 7.75. The van der Waals surface area contributed by atoms with Gasteiger partial charge in [-0.05, 0) is 31.9 Å². The number of fused-ring (bicyclic) bond motifs is 1. The Morgan fingerprint density at radius 1 is 1.43 bits per heavy atom. The minimum atomic E-state index is -0.395. The minimum Gasteiger partial charge on any atom is -0.468 e. The van der Waals surface area contributed by atoms with E-state index in [0.717, 1.165) is 12.8 Å². The van der Waals surface area contributed by atoms with E-state index in [1.807, 2.05) is 18.2 Å². The monoisotopic (exact) mass is 304 g/mol. The average molecular weight is 304 g/mol. The Morgan fingerprint density at radius 2 is 2.14 bits per heavy atom. The Morgan fingerprint density at radius 3 is 2.81 bits per heavy atom. The van der Waals surface area contributed by atoms with Crippen LogP contribution in [0, 0.1) is 0 Å². The van der Waals surface area contributed by atoms with Gasteiger partial charge in [0, 0.05) is 6.04 Å². The lowest BCUT2D eigenvalue weighted by Crippen LogP contribution is -2.24. The predicted molar refractivity (Wildman–Crippen MR) is 81.6 cm³/mol. The summed E-state index contributed by atoms with van der Waals surface area (Å²) in [5, 5.41) is 0.826. The number of hydrogen-bond donors (Lipinski definition) is 0. The summed E-state index contributed by atoms with van der Waals surface area (Å²) in [6, 6.07) is 7.52. The van der Waals surface area contributed by atoms with Gasteiger partial charge in [-0.2, -0.15) is 0 Å². The van der Waals surface area contributed by atoms with Gasteiger partial charge < -0.3 is 4.74 Å². The van der Waals surface area contributed by atoms with Gasteiger partial charge in [0.05, 0.1) is 18.0 Å². The van der Waals surface area contributed by atoms with Gasteiger partial charge in [-0.15, -0.1) is 0 Å². The summed E-state index contributed by atoms with van der Waals surface area (Å²) in [6.45, 7) is 1.76. The van der Waals surface area contributed by atoms with Crippen molar-refractivity contribution in [2.45, 2.75) is 36.2 Å². The van der Waals surface area contributed by atoms with E-state index in [2.05, 4.69) is 4.98 Å². The van der Waals surface area contributed by atoms with Crippen molar-refractivity contribution in [3.05, 3.63) is 34.6 Å². The highest BCUT2D eigenvalue weighted by molar-refractivity contribution is 8.00. The summed E-state index contributed by atoms with van der Waals surface area (Å²) in [7, 11) is 1.36. The van der Waals surface area contributed by atoms with Crippen molar-refractivity contribution in [2.75, 3.05) is 7.11 Å². The molecule has 1 saturated carbocycles. The van der Waals surface area contributed by atoms with Crippen LogP contribution in [0.25, 0.3) is 10.9 Å². The number of carbonyl (C=O) groups excluding carboxylic acids is 1. The lowest BCUT2D eigenvalue weighted by Gasteiger charge is -2.14. The van der Waals surface area contributed by atoms with Crippen LogP contribution < -0.4 is 5.56 Å². The fourth-order valence-electron chi connectivity index (χ4n) is 2.24. The summed E-state index contributed by atoms with van der Waals surface area (Å²) in [5.74, 6) is -0.315. The van der Waals surface area contributed by atoms with Crippen LogP contribution in [-0.4, -0.2) is 27.9 Å². The Bertz CT molecular complexity index is 752. The number of hydrogen-bond acceptors (Lipinski definition) is 5. The van der Waals surface area contributed by atoms with Gasteiger partial charge in [0.15, 0.2) is 5.16 Å². The molecule has 1 aliphatic carbocycles. The number of rotatable bonds is 4. The summed E-state index contributed by atoms with van der Waals surface area (Å²) >= 11 is 1.28. The maximum Gasteiger partial charge on any atom is 0.318 e. The molecule has 0 N–H and O–H groups in total. The highest BCUT2D eigenvalue weighted by Crippen LogP contribution is 2.37. The molecule has 1 aromatic heterocycles. The summed E-state index contributed by atoms with van der Waals surface area (Å²) < 4.78 is 6.47. The zero-order chi connectivity index (χ0) is 15.0. The van der Waals surface area contributed by atoms with Crippen LogP contribution in [0.5, 0.6) is 0 Å². The molecule has 0 amide bonds. The van der Waals surface area contributed by atoms with E-state index in [4.69, 9.17) is 4.74 Å². The molecule has 1 aromatic carbocycles. The van der Waals surface area contributed by atoms with Crippen molar-refractivity contribution in [3.63, 3.8) is 0 Å². The number of aromatic nitrogens is 2. The van der Waals surface area contributed by atoms with E-state index in [0.29, 0.717) is 16.1 Å². The molecule has 0 bridgehead atoms. The van der Waals surface area contributed by atoms with Crippen molar-refractivity contribution < 1.29 is 9.53 Å². The predicted octanol–water partition coefficient (Wildman–Crippen LogP) is 2.38. The number of esters is 1. The fraction of sp³-hybridized carbons (Fsp3) is 0.400. The summed E-state index contributed by atoms with van der Waals surface area (Å²) in [4.78, 5) is 28.8. The van der Waals surface area contributed by atoms with Crippen molar-refractivity contribution in [3.8, 4) is 0 Å². The van der Waals surface area contributed by atoms with Crippen molar-refractivity contribution in [1.29, 1.82) is 0 Å². The molecule has 0 radical (unpaired) electrons. The minimum absolute atomic E-state index is 0.0253. The highest BCUT2D eigenvalue weighted by Gasteiger charge is 2.30. The second-order valence-electron chi connectivity index (χ2n) is 5.10. The van der Waals surface area contributed by atoms with Crippen molar-refractivity contribution >= 4 is 28.6 Å². The summed E-state index contributed by atoms with van der Waals surface area (Å²) in [6.07, 6.45) is 1.97. The Balaban J connectivity index is 2.10. The normalized spacial score (nSPS) is 15.9. The molecule has 1 aliphatic rings. The van der Waals surface area contributed by atoms with Gasteiger partial charge in [-0.25, -0.2) is 4.98 Å². The van der Waals surface area contributed by atoms with Gasteiger partial charge >= 0.3 is 5.97 Å². The molecule has 0 spiro atoms. The molecule has 2 aromatic rings. The van der Waals surface area contributed by atoms with Gasteiger partial charge in [-0.1, -0.05) is 23.9 Å². The Hall–Kier alpha value is -1.82. The van der Waals surface area contributed by atoms with Crippen molar-refractivity contribution in [2.24, 2.45) is 0 Å². The maximum absolute atomic E-state index is 12.6. The number of nitrogens with zero attached hydrogens (tertiary/aromatic N) is 2. The quantitative estimate of drug-likeness (QED) is 0.493. The van der Waals surface area contributed by atoms with E-state index in [9.17, 15) is 9.59 Å². The highest BCUT2D eigenvalue weighted by atomic mass is 32.2. The van der Waals surface area contributed by atoms with Crippen LogP contribution in [0.1, 0.15) is 25.8 Å². The van der Waals surface area contributed by atoms with Crippen LogP contribution in [0.2, 0.25) is 0 Å². The average Bonchev–Trinajstić information content (AvgIpc) is 3.31. The van der Waals surface area contributed by atoms with Crippen LogP contribution in [-0.2, 0) is 9.53 Å². The second-order valence-corrected chi connectivity index (χ2v) is 6.41. The first-order chi connectivity index (χ1) is 10.1. The number of carbonyl (C=O) groups is 1. The number of methoxy groups -OCH3 is 1. The van der Waals surface area contributed by atoms with Crippen LogP contribution >= 0.6 is 11.8 Å². The molecular formula is C15H16N2O3S.